The smallest absolute Gasteiger partial charge is 0.0302 e. The Morgan fingerprint density at radius 3 is 1.08 bits per heavy atom. The van der Waals surface area contributed by atoms with Crippen molar-refractivity contribution < 1.29 is 0 Å². The van der Waals surface area contributed by atoms with Crippen LogP contribution in [0, 0.1) is 23.2 Å². The normalized spacial score (nSPS) is 18.9. The predicted molar refractivity (Wildman–Crippen MR) is 61.9 cm³/mol. The largest absolute Gasteiger partial charge is 0.0625 e. The molecule has 0 radical (unpaired) electrons. The summed E-state index contributed by atoms with van der Waals surface area (Å²) in [4.78, 5) is 0. The Balaban J connectivity index is 0.000000226. The number of hydrogen-bond acceptors (Lipinski definition) is 0. The van der Waals surface area contributed by atoms with Gasteiger partial charge in [0, 0.05) is 0 Å². The summed E-state index contributed by atoms with van der Waals surface area (Å²) in [6.07, 6.45) is 2.93. The van der Waals surface area contributed by atoms with E-state index in [1.54, 1.807) is 0 Å². The van der Waals surface area contributed by atoms with Gasteiger partial charge in [0.15, 0.2) is 0 Å². The summed E-state index contributed by atoms with van der Waals surface area (Å²) in [5, 5.41) is 0. The summed E-state index contributed by atoms with van der Waals surface area (Å²) < 4.78 is 0. The lowest BCUT2D eigenvalue weighted by Gasteiger charge is -2.10. The quantitative estimate of drug-likeness (QED) is 0.581. The molecule has 0 spiro atoms. The van der Waals surface area contributed by atoms with E-state index in [0.717, 1.165) is 23.2 Å². The van der Waals surface area contributed by atoms with Gasteiger partial charge in [0.2, 0.25) is 0 Å². The molecule has 0 heteroatoms. The Morgan fingerprint density at radius 1 is 0.769 bits per heavy atom. The second-order valence-corrected chi connectivity index (χ2v) is 5.80. The van der Waals surface area contributed by atoms with Crippen LogP contribution in [0.15, 0.2) is 0 Å². The predicted octanol–water partition coefficient (Wildman–Crippen LogP) is 4.74. The fourth-order valence-corrected chi connectivity index (χ4v) is 0.775. The molecular weight excluding hydrogens is 156 g/mol. The summed E-state index contributed by atoms with van der Waals surface area (Å²) in [5.74, 6) is 2.61. The van der Waals surface area contributed by atoms with Crippen molar-refractivity contribution in [2.24, 2.45) is 23.2 Å². The van der Waals surface area contributed by atoms with E-state index in [4.69, 9.17) is 0 Å². The molecule has 0 unspecified atom stereocenters. The van der Waals surface area contributed by atoms with Gasteiger partial charge < -0.3 is 0 Å². The highest BCUT2D eigenvalue weighted by atomic mass is 14.4. The molecule has 1 rings (SSSR count). The van der Waals surface area contributed by atoms with Crippen LogP contribution in [-0.4, -0.2) is 0 Å². The van der Waals surface area contributed by atoms with Gasteiger partial charge >= 0.3 is 0 Å². The topological polar surface area (TPSA) is 0 Å². The molecule has 0 aromatic heterocycles. The molecule has 80 valence electrons. The standard InChI is InChI=1S/C7H14.C6H14/c1-6(2)7(3)4-5-7;1-5(2)6(3)4/h6H,4-5H2,1-3H3;5-6H,1-4H3. The zero-order valence-corrected chi connectivity index (χ0v) is 10.6. The van der Waals surface area contributed by atoms with Crippen LogP contribution in [-0.2, 0) is 0 Å². The van der Waals surface area contributed by atoms with Crippen molar-refractivity contribution in [3.63, 3.8) is 0 Å². The summed E-state index contributed by atoms with van der Waals surface area (Å²) in [7, 11) is 0. The third-order valence-corrected chi connectivity index (χ3v) is 3.77. The molecule has 0 aromatic rings. The lowest BCUT2D eigenvalue weighted by molar-refractivity contribution is 0.397. The van der Waals surface area contributed by atoms with Crippen LogP contribution in [0.4, 0.5) is 0 Å². The van der Waals surface area contributed by atoms with Crippen molar-refractivity contribution >= 4 is 0 Å². The van der Waals surface area contributed by atoms with Gasteiger partial charge in [-0.3, -0.25) is 0 Å². The van der Waals surface area contributed by atoms with Gasteiger partial charge in [-0.15, -0.1) is 0 Å². The van der Waals surface area contributed by atoms with Gasteiger partial charge in [0.05, 0.1) is 0 Å². The Morgan fingerprint density at radius 2 is 1.08 bits per heavy atom. The summed E-state index contributed by atoms with van der Waals surface area (Å²) in [6, 6.07) is 0. The molecule has 0 aromatic carbocycles. The van der Waals surface area contributed by atoms with E-state index in [9.17, 15) is 0 Å². The fourth-order valence-electron chi connectivity index (χ4n) is 0.775. The van der Waals surface area contributed by atoms with Crippen molar-refractivity contribution in [3.05, 3.63) is 0 Å². The van der Waals surface area contributed by atoms with E-state index < -0.39 is 0 Å². The van der Waals surface area contributed by atoms with Crippen LogP contribution < -0.4 is 0 Å². The van der Waals surface area contributed by atoms with Crippen LogP contribution in [0.3, 0.4) is 0 Å². The van der Waals surface area contributed by atoms with E-state index >= 15 is 0 Å². The average Bonchev–Trinajstić information content (AvgIpc) is 2.70. The first-order chi connectivity index (χ1) is 5.79. The second-order valence-electron chi connectivity index (χ2n) is 5.80. The van der Waals surface area contributed by atoms with E-state index in [1.807, 2.05) is 0 Å². The first-order valence-corrected chi connectivity index (χ1v) is 5.79. The van der Waals surface area contributed by atoms with E-state index in [0.29, 0.717) is 0 Å². The summed E-state index contributed by atoms with van der Waals surface area (Å²) in [6.45, 7) is 16.0. The highest BCUT2D eigenvalue weighted by molar-refractivity contribution is 4.90. The minimum absolute atomic E-state index is 0.750. The van der Waals surface area contributed by atoms with Crippen molar-refractivity contribution in [1.29, 1.82) is 0 Å². The lowest BCUT2D eigenvalue weighted by Crippen LogP contribution is -2.01. The van der Waals surface area contributed by atoms with Crippen LogP contribution in [0.25, 0.3) is 0 Å². The molecule has 13 heavy (non-hydrogen) atoms. The van der Waals surface area contributed by atoms with E-state index in [-0.39, 0.29) is 0 Å². The Kier molecular flexibility index (Phi) is 5.02. The average molecular weight is 184 g/mol. The van der Waals surface area contributed by atoms with Crippen LogP contribution in [0.2, 0.25) is 0 Å². The van der Waals surface area contributed by atoms with Gasteiger partial charge in [-0.2, -0.15) is 0 Å². The SMILES string of the molecule is CC(C)C(C)C.CC(C)C1(C)CC1. The maximum Gasteiger partial charge on any atom is -0.0302 e. The molecule has 0 saturated heterocycles. The molecule has 1 aliphatic rings. The zero-order chi connectivity index (χ0) is 10.6. The molecule has 0 aliphatic heterocycles. The first-order valence-electron chi connectivity index (χ1n) is 5.79. The van der Waals surface area contributed by atoms with Crippen molar-refractivity contribution in [2.75, 3.05) is 0 Å². The second kappa shape index (κ2) is 5.02. The molecule has 0 amide bonds. The molecule has 0 bridgehead atoms. The number of hydrogen-bond donors (Lipinski definition) is 0. The minimum Gasteiger partial charge on any atom is -0.0625 e. The Labute approximate surface area is 85.1 Å². The van der Waals surface area contributed by atoms with Gasteiger partial charge in [-0.1, -0.05) is 48.5 Å². The first kappa shape index (κ1) is 13.0. The summed E-state index contributed by atoms with van der Waals surface area (Å²) >= 11 is 0. The third kappa shape index (κ3) is 5.33. The zero-order valence-electron chi connectivity index (χ0n) is 10.6. The van der Waals surface area contributed by atoms with Crippen LogP contribution in [0.5, 0.6) is 0 Å². The molecule has 0 heterocycles. The molecule has 0 N–H and O–H groups in total. The monoisotopic (exact) mass is 184 g/mol. The highest BCUT2D eigenvalue weighted by Crippen LogP contribution is 2.50. The van der Waals surface area contributed by atoms with E-state index in [1.165, 1.54) is 12.8 Å². The fraction of sp³-hybridized carbons (Fsp3) is 1.00. The van der Waals surface area contributed by atoms with Crippen molar-refractivity contribution in [2.45, 2.75) is 61.3 Å². The Hall–Kier alpha value is 0. The lowest BCUT2D eigenvalue weighted by atomic mass is 9.95. The Bertz CT molecular complexity index is 121. The number of rotatable bonds is 2. The van der Waals surface area contributed by atoms with Gasteiger partial charge in [-0.25, -0.2) is 0 Å². The molecule has 1 fully saturated rings. The van der Waals surface area contributed by atoms with E-state index in [2.05, 4.69) is 48.5 Å². The molecule has 1 aliphatic carbocycles. The van der Waals surface area contributed by atoms with Crippen LogP contribution in [0.1, 0.15) is 61.3 Å². The highest BCUT2D eigenvalue weighted by Gasteiger charge is 2.39. The summed E-state index contributed by atoms with van der Waals surface area (Å²) in [5.41, 5.74) is 0.750. The molecule has 0 atom stereocenters. The maximum atomic E-state index is 2.37. The molecule has 1 saturated carbocycles. The van der Waals surface area contributed by atoms with Gasteiger partial charge in [-0.05, 0) is 36.0 Å². The van der Waals surface area contributed by atoms with Crippen LogP contribution >= 0.6 is 0 Å². The maximum absolute atomic E-state index is 2.37. The third-order valence-electron chi connectivity index (χ3n) is 3.77. The minimum atomic E-state index is 0.750. The molecule has 0 nitrogen and oxygen atoms in total. The molecular formula is C13H28. The van der Waals surface area contributed by atoms with Crippen molar-refractivity contribution in [1.82, 2.24) is 0 Å². The van der Waals surface area contributed by atoms with Crippen molar-refractivity contribution in [3.8, 4) is 0 Å². The van der Waals surface area contributed by atoms with Gasteiger partial charge in [0.25, 0.3) is 0 Å². The van der Waals surface area contributed by atoms with Gasteiger partial charge in [0.1, 0.15) is 0 Å².